The number of nitrogens with zero attached hydrogens (tertiary/aromatic N) is 2. The van der Waals surface area contributed by atoms with Gasteiger partial charge < -0.3 is 0 Å². The van der Waals surface area contributed by atoms with Crippen LogP contribution < -0.4 is 0 Å². The van der Waals surface area contributed by atoms with E-state index in [4.69, 9.17) is 23.2 Å². The van der Waals surface area contributed by atoms with E-state index in [-0.39, 0.29) is 0 Å². The highest BCUT2D eigenvalue weighted by atomic mass is 35.5. The lowest BCUT2D eigenvalue weighted by Gasteiger charge is -1.97. The Hall–Kier alpha value is -0.640. The summed E-state index contributed by atoms with van der Waals surface area (Å²) in [5.41, 5.74) is 1.94. The van der Waals surface area contributed by atoms with E-state index in [1.54, 1.807) is 23.7 Å². The van der Waals surface area contributed by atoms with Crippen LogP contribution in [0.25, 0.3) is 10.6 Å². The van der Waals surface area contributed by atoms with Crippen molar-refractivity contribution in [3.05, 3.63) is 34.6 Å². The molecular formula is C10H8Cl2N2S. The number of hydrogen-bond donors (Lipinski definition) is 0. The second-order valence-corrected chi connectivity index (χ2v) is 4.58. The normalized spacial score (nSPS) is 10.5. The van der Waals surface area contributed by atoms with Crippen molar-refractivity contribution in [2.75, 3.05) is 5.88 Å². The van der Waals surface area contributed by atoms with Crippen LogP contribution in [0.5, 0.6) is 0 Å². The minimum atomic E-state index is 0.591. The Morgan fingerprint density at radius 3 is 3.00 bits per heavy atom. The molecule has 2 aromatic heterocycles. The fourth-order valence-electron chi connectivity index (χ4n) is 1.19. The molecule has 5 heteroatoms. The van der Waals surface area contributed by atoms with Crippen molar-refractivity contribution in [2.45, 2.75) is 6.42 Å². The van der Waals surface area contributed by atoms with E-state index >= 15 is 0 Å². The molecule has 0 aliphatic heterocycles. The van der Waals surface area contributed by atoms with E-state index in [9.17, 15) is 0 Å². The highest BCUT2D eigenvalue weighted by molar-refractivity contribution is 7.13. The van der Waals surface area contributed by atoms with Crippen molar-refractivity contribution >= 4 is 34.5 Å². The molecule has 0 saturated heterocycles. The van der Waals surface area contributed by atoms with Gasteiger partial charge in [0.2, 0.25) is 0 Å². The van der Waals surface area contributed by atoms with Crippen molar-refractivity contribution < 1.29 is 0 Å². The molecule has 0 fully saturated rings. The molecule has 15 heavy (non-hydrogen) atoms. The maximum atomic E-state index is 6.02. The topological polar surface area (TPSA) is 25.8 Å². The number of thiazole rings is 1. The van der Waals surface area contributed by atoms with Crippen LogP contribution in [0.15, 0.2) is 23.8 Å². The third kappa shape index (κ3) is 2.48. The zero-order valence-electron chi connectivity index (χ0n) is 7.78. The van der Waals surface area contributed by atoms with Crippen molar-refractivity contribution in [3.63, 3.8) is 0 Å². The fourth-order valence-corrected chi connectivity index (χ4v) is 2.54. The van der Waals surface area contributed by atoms with Crippen molar-refractivity contribution in [1.82, 2.24) is 9.97 Å². The van der Waals surface area contributed by atoms with Gasteiger partial charge in [0.15, 0.2) is 0 Å². The summed E-state index contributed by atoms with van der Waals surface area (Å²) in [6.07, 6.45) is 4.13. The number of aromatic nitrogens is 2. The molecule has 78 valence electrons. The van der Waals surface area contributed by atoms with E-state index < -0.39 is 0 Å². The van der Waals surface area contributed by atoms with E-state index in [0.717, 1.165) is 22.7 Å². The summed E-state index contributed by atoms with van der Waals surface area (Å²) in [5, 5.41) is 3.56. The Kier molecular flexibility index (Phi) is 3.57. The summed E-state index contributed by atoms with van der Waals surface area (Å²) in [7, 11) is 0. The number of rotatable bonds is 3. The van der Waals surface area contributed by atoms with Crippen molar-refractivity contribution in [2.24, 2.45) is 0 Å². The van der Waals surface area contributed by atoms with Gasteiger partial charge in [0.1, 0.15) is 5.01 Å². The zero-order chi connectivity index (χ0) is 10.7. The first-order valence-corrected chi connectivity index (χ1v) is 6.20. The van der Waals surface area contributed by atoms with E-state index in [0.29, 0.717) is 10.9 Å². The lowest BCUT2D eigenvalue weighted by Crippen LogP contribution is -1.86. The average molecular weight is 259 g/mol. The van der Waals surface area contributed by atoms with Gasteiger partial charge in [-0.3, -0.25) is 4.98 Å². The Morgan fingerprint density at radius 2 is 2.27 bits per heavy atom. The van der Waals surface area contributed by atoms with Gasteiger partial charge in [0, 0.05) is 35.6 Å². The zero-order valence-corrected chi connectivity index (χ0v) is 10.1. The first kappa shape index (κ1) is 10.9. The SMILES string of the molecule is ClCCc1csc(-c2ccncc2Cl)n1. The van der Waals surface area contributed by atoms with E-state index in [1.165, 1.54) is 0 Å². The summed E-state index contributed by atoms with van der Waals surface area (Å²) >= 11 is 13.2. The number of pyridine rings is 1. The Balaban J connectivity index is 2.33. The first-order chi connectivity index (χ1) is 7.31. The average Bonchev–Trinajstić information content (AvgIpc) is 2.68. The van der Waals surface area contributed by atoms with Crippen LogP contribution in [-0.4, -0.2) is 15.8 Å². The fraction of sp³-hybridized carbons (Fsp3) is 0.200. The molecule has 0 bridgehead atoms. The summed E-state index contributed by atoms with van der Waals surface area (Å²) in [6.45, 7) is 0. The van der Waals surface area contributed by atoms with E-state index in [1.807, 2.05) is 11.4 Å². The molecule has 2 rings (SSSR count). The Morgan fingerprint density at radius 1 is 1.40 bits per heavy atom. The molecule has 0 radical (unpaired) electrons. The Bertz CT molecular complexity index is 456. The largest absolute Gasteiger partial charge is 0.263 e. The second-order valence-electron chi connectivity index (χ2n) is 2.94. The smallest absolute Gasteiger partial charge is 0.125 e. The lowest BCUT2D eigenvalue weighted by molar-refractivity contribution is 1.07. The molecule has 0 aromatic carbocycles. The van der Waals surface area contributed by atoms with Crippen LogP contribution >= 0.6 is 34.5 Å². The third-order valence-electron chi connectivity index (χ3n) is 1.91. The summed E-state index contributed by atoms with van der Waals surface area (Å²) < 4.78 is 0. The summed E-state index contributed by atoms with van der Waals surface area (Å²) in [5.74, 6) is 0.591. The van der Waals surface area contributed by atoms with Crippen LogP contribution in [-0.2, 0) is 6.42 Å². The number of halogens is 2. The summed E-state index contributed by atoms with van der Waals surface area (Å²) in [4.78, 5) is 8.39. The number of aryl methyl sites for hydroxylation is 1. The molecule has 0 unspecified atom stereocenters. The van der Waals surface area contributed by atoms with Crippen LogP contribution in [0.1, 0.15) is 5.69 Å². The maximum absolute atomic E-state index is 6.02. The van der Waals surface area contributed by atoms with Crippen LogP contribution in [0.4, 0.5) is 0 Å². The third-order valence-corrected chi connectivity index (χ3v) is 3.32. The number of hydrogen-bond acceptors (Lipinski definition) is 3. The molecule has 0 atom stereocenters. The predicted molar refractivity (Wildman–Crippen MR) is 64.8 cm³/mol. The Labute approximate surface area is 102 Å². The molecule has 0 N–H and O–H groups in total. The molecule has 2 heterocycles. The monoisotopic (exact) mass is 258 g/mol. The van der Waals surface area contributed by atoms with Gasteiger partial charge >= 0.3 is 0 Å². The first-order valence-electron chi connectivity index (χ1n) is 4.41. The maximum Gasteiger partial charge on any atom is 0.125 e. The molecule has 0 aliphatic rings. The van der Waals surface area contributed by atoms with Gasteiger partial charge in [-0.1, -0.05) is 11.6 Å². The van der Waals surface area contributed by atoms with Gasteiger partial charge in [-0.15, -0.1) is 22.9 Å². The molecule has 0 spiro atoms. The quantitative estimate of drug-likeness (QED) is 0.786. The molecular weight excluding hydrogens is 251 g/mol. The van der Waals surface area contributed by atoms with Gasteiger partial charge in [0.25, 0.3) is 0 Å². The van der Waals surface area contributed by atoms with Gasteiger partial charge in [-0.25, -0.2) is 4.98 Å². The molecule has 2 nitrogen and oxygen atoms in total. The van der Waals surface area contributed by atoms with Gasteiger partial charge in [-0.05, 0) is 6.07 Å². The molecule has 0 aliphatic carbocycles. The van der Waals surface area contributed by atoms with Gasteiger partial charge in [0.05, 0.1) is 10.7 Å². The highest BCUT2D eigenvalue weighted by Gasteiger charge is 2.07. The minimum absolute atomic E-state index is 0.591. The van der Waals surface area contributed by atoms with Crippen LogP contribution in [0.2, 0.25) is 5.02 Å². The molecule has 2 aromatic rings. The molecule has 0 saturated carbocycles. The van der Waals surface area contributed by atoms with Crippen LogP contribution in [0.3, 0.4) is 0 Å². The minimum Gasteiger partial charge on any atom is -0.263 e. The molecule has 0 amide bonds. The van der Waals surface area contributed by atoms with Crippen molar-refractivity contribution in [1.29, 1.82) is 0 Å². The summed E-state index contributed by atoms with van der Waals surface area (Å²) in [6, 6.07) is 1.87. The van der Waals surface area contributed by atoms with Crippen LogP contribution in [0, 0.1) is 0 Å². The lowest BCUT2D eigenvalue weighted by atomic mass is 10.3. The predicted octanol–water partition coefficient (Wildman–Crippen LogP) is 3.64. The second kappa shape index (κ2) is 4.92. The van der Waals surface area contributed by atoms with Crippen molar-refractivity contribution in [3.8, 4) is 10.6 Å². The van der Waals surface area contributed by atoms with E-state index in [2.05, 4.69) is 9.97 Å². The number of alkyl halides is 1. The highest BCUT2D eigenvalue weighted by Crippen LogP contribution is 2.29. The van der Waals surface area contributed by atoms with Gasteiger partial charge in [-0.2, -0.15) is 0 Å². The standard InChI is InChI=1S/C10H8Cl2N2S/c11-3-1-7-6-15-10(14-7)8-2-4-13-5-9(8)12/h2,4-6H,1,3H2.